The molecule has 84 valence electrons. The quantitative estimate of drug-likeness (QED) is 0.485. The van der Waals surface area contributed by atoms with Gasteiger partial charge >= 0.3 is 5.97 Å². The first-order valence-corrected chi connectivity index (χ1v) is 5.19. The van der Waals surface area contributed by atoms with Crippen LogP contribution in [0.25, 0.3) is 0 Å². The van der Waals surface area contributed by atoms with Gasteiger partial charge in [-0.05, 0) is 13.3 Å². The SMILES string of the molecule is COC(=O)C1(C)C=CCCC12OCCO2. The van der Waals surface area contributed by atoms with Crippen molar-refractivity contribution in [3.8, 4) is 0 Å². The topological polar surface area (TPSA) is 44.8 Å². The molecule has 2 rings (SSSR count). The summed E-state index contributed by atoms with van der Waals surface area (Å²) >= 11 is 0. The molecule has 1 aliphatic carbocycles. The lowest BCUT2D eigenvalue weighted by Gasteiger charge is -2.42. The van der Waals surface area contributed by atoms with Crippen LogP contribution in [0.1, 0.15) is 19.8 Å². The first kappa shape index (κ1) is 10.6. The van der Waals surface area contributed by atoms with Crippen molar-refractivity contribution in [2.24, 2.45) is 5.41 Å². The van der Waals surface area contributed by atoms with Gasteiger partial charge in [0.1, 0.15) is 5.41 Å². The fraction of sp³-hybridized carbons (Fsp3) is 0.727. The summed E-state index contributed by atoms with van der Waals surface area (Å²) in [7, 11) is 1.39. The molecule has 1 fully saturated rings. The van der Waals surface area contributed by atoms with Crippen molar-refractivity contribution >= 4 is 5.97 Å². The van der Waals surface area contributed by atoms with Gasteiger partial charge in [0.05, 0.1) is 20.3 Å². The van der Waals surface area contributed by atoms with Crippen molar-refractivity contribution in [1.82, 2.24) is 0 Å². The summed E-state index contributed by atoms with van der Waals surface area (Å²) in [5.41, 5.74) is -0.823. The van der Waals surface area contributed by atoms with Crippen molar-refractivity contribution in [3.05, 3.63) is 12.2 Å². The van der Waals surface area contributed by atoms with Gasteiger partial charge < -0.3 is 14.2 Å². The fourth-order valence-electron chi connectivity index (χ4n) is 2.31. The van der Waals surface area contributed by atoms with Gasteiger partial charge in [0.15, 0.2) is 5.79 Å². The van der Waals surface area contributed by atoms with Crippen LogP contribution in [0.2, 0.25) is 0 Å². The van der Waals surface area contributed by atoms with E-state index in [2.05, 4.69) is 0 Å². The number of rotatable bonds is 1. The largest absolute Gasteiger partial charge is 0.468 e. The van der Waals surface area contributed by atoms with E-state index in [1.165, 1.54) is 7.11 Å². The predicted octanol–water partition coefficient (Wildman–Crippen LogP) is 1.26. The lowest BCUT2D eigenvalue weighted by Crippen LogP contribution is -2.53. The monoisotopic (exact) mass is 212 g/mol. The highest BCUT2D eigenvalue weighted by atomic mass is 16.7. The molecule has 1 atom stereocenters. The molecular weight excluding hydrogens is 196 g/mol. The van der Waals surface area contributed by atoms with E-state index in [0.29, 0.717) is 19.6 Å². The molecule has 0 aromatic heterocycles. The van der Waals surface area contributed by atoms with Gasteiger partial charge in [-0.25, -0.2) is 0 Å². The Labute approximate surface area is 89.2 Å². The molecule has 1 spiro atoms. The first-order chi connectivity index (χ1) is 7.15. The third kappa shape index (κ3) is 1.40. The lowest BCUT2D eigenvalue weighted by atomic mass is 9.75. The summed E-state index contributed by atoms with van der Waals surface area (Å²) in [6, 6.07) is 0. The molecule has 1 heterocycles. The molecule has 15 heavy (non-hydrogen) atoms. The zero-order valence-electron chi connectivity index (χ0n) is 9.12. The first-order valence-electron chi connectivity index (χ1n) is 5.19. The van der Waals surface area contributed by atoms with Crippen LogP contribution in [0.3, 0.4) is 0 Å². The molecule has 0 aromatic carbocycles. The predicted molar refractivity (Wildman–Crippen MR) is 53.1 cm³/mol. The number of esters is 1. The molecule has 2 aliphatic rings. The van der Waals surface area contributed by atoms with Crippen LogP contribution in [0.15, 0.2) is 12.2 Å². The molecule has 0 N–H and O–H groups in total. The maximum Gasteiger partial charge on any atom is 0.320 e. The van der Waals surface area contributed by atoms with Crippen LogP contribution in [-0.4, -0.2) is 32.1 Å². The minimum absolute atomic E-state index is 0.305. The minimum Gasteiger partial charge on any atom is -0.468 e. The van der Waals surface area contributed by atoms with Crippen molar-refractivity contribution in [3.63, 3.8) is 0 Å². The van der Waals surface area contributed by atoms with Gasteiger partial charge in [0.2, 0.25) is 0 Å². The van der Waals surface area contributed by atoms with Gasteiger partial charge in [-0.15, -0.1) is 0 Å². The molecule has 4 nitrogen and oxygen atoms in total. The molecule has 1 unspecified atom stereocenters. The van der Waals surface area contributed by atoms with Crippen LogP contribution >= 0.6 is 0 Å². The van der Waals surface area contributed by atoms with Crippen LogP contribution in [0.4, 0.5) is 0 Å². The molecular formula is C11H16O4. The summed E-state index contributed by atoms with van der Waals surface area (Å²) in [4.78, 5) is 11.8. The third-order valence-corrected chi connectivity index (χ3v) is 3.25. The standard InChI is InChI=1S/C11H16O4/c1-10(9(12)13-2)5-3-4-6-11(10)14-7-8-15-11/h3,5H,4,6-8H2,1-2H3. The van der Waals surface area contributed by atoms with Gasteiger partial charge in [-0.2, -0.15) is 0 Å². The second-order valence-electron chi connectivity index (χ2n) is 4.08. The Hall–Kier alpha value is -0.870. The molecule has 0 aromatic rings. The zero-order chi connectivity index (χ0) is 10.9. The molecule has 0 radical (unpaired) electrons. The van der Waals surface area contributed by atoms with Crippen molar-refractivity contribution in [1.29, 1.82) is 0 Å². The Morgan fingerprint density at radius 1 is 1.40 bits per heavy atom. The zero-order valence-corrected chi connectivity index (χ0v) is 9.12. The summed E-state index contributed by atoms with van der Waals surface area (Å²) in [5.74, 6) is -1.12. The van der Waals surface area contributed by atoms with E-state index < -0.39 is 11.2 Å². The van der Waals surface area contributed by atoms with E-state index in [-0.39, 0.29) is 5.97 Å². The van der Waals surface area contributed by atoms with Gasteiger partial charge in [-0.1, -0.05) is 12.2 Å². The van der Waals surface area contributed by atoms with Crippen LogP contribution in [0, 0.1) is 5.41 Å². The third-order valence-electron chi connectivity index (χ3n) is 3.25. The summed E-state index contributed by atoms with van der Waals surface area (Å²) in [6.07, 6.45) is 5.39. The highest BCUT2D eigenvalue weighted by molar-refractivity contribution is 5.80. The lowest BCUT2D eigenvalue weighted by molar-refractivity contribution is -0.232. The van der Waals surface area contributed by atoms with Crippen LogP contribution < -0.4 is 0 Å². The average molecular weight is 212 g/mol. The summed E-state index contributed by atoms with van der Waals surface area (Å²) in [6.45, 7) is 2.89. The van der Waals surface area contributed by atoms with E-state index in [9.17, 15) is 4.79 Å². The molecule has 1 saturated heterocycles. The normalized spacial score (nSPS) is 33.2. The van der Waals surface area contributed by atoms with E-state index >= 15 is 0 Å². The van der Waals surface area contributed by atoms with Gasteiger partial charge in [0.25, 0.3) is 0 Å². The van der Waals surface area contributed by atoms with Crippen molar-refractivity contribution < 1.29 is 19.0 Å². The highest BCUT2D eigenvalue weighted by Gasteiger charge is 2.57. The van der Waals surface area contributed by atoms with Gasteiger partial charge in [0, 0.05) is 6.42 Å². The summed E-state index contributed by atoms with van der Waals surface area (Å²) < 4.78 is 16.1. The second kappa shape index (κ2) is 3.61. The Balaban J connectivity index is 2.36. The number of carbonyl (C=O) groups is 1. The second-order valence-corrected chi connectivity index (χ2v) is 4.08. The fourth-order valence-corrected chi connectivity index (χ4v) is 2.31. The highest BCUT2D eigenvalue weighted by Crippen LogP contribution is 2.46. The molecule has 1 aliphatic heterocycles. The number of methoxy groups -OCH3 is 1. The Morgan fingerprint density at radius 2 is 2.07 bits per heavy atom. The summed E-state index contributed by atoms with van der Waals surface area (Å²) in [5, 5.41) is 0. The number of ether oxygens (including phenoxy) is 3. The number of carbonyl (C=O) groups excluding carboxylic acids is 1. The molecule has 0 saturated carbocycles. The maximum atomic E-state index is 11.8. The van der Waals surface area contributed by atoms with Gasteiger partial charge in [-0.3, -0.25) is 4.79 Å². The maximum absolute atomic E-state index is 11.8. The molecule has 4 heteroatoms. The van der Waals surface area contributed by atoms with Crippen LogP contribution in [0.5, 0.6) is 0 Å². The smallest absolute Gasteiger partial charge is 0.320 e. The Kier molecular flexibility index (Phi) is 2.56. The van der Waals surface area contributed by atoms with Crippen molar-refractivity contribution in [2.45, 2.75) is 25.6 Å². The van der Waals surface area contributed by atoms with E-state index in [0.717, 1.165) is 6.42 Å². The van der Waals surface area contributed by atoms with E-state index in [1.807, 2.05) is 12.2 Å². The van der Waals surface area contributed by atoms with E-state index in [1.54, 1.807) is 6.92 Å². The Morgan fingerprint density at radius 3 is 2.67 bits per heavy atom. The average Bonchev–Trinajstić information content (AvgIpc) is 2.71. The number of allylic oxidation sites excluding steroid dienone is 1. The molecule has 0 bridgehead atoms. The minimum atomic E-state index is -0.823. The number of hydrogen-bond acceptors (Lipinski definition) is 4. The van der Waals surface area contributed by atoms with Crippen LogP contribution in [-0.2, 0) is 19.0 Å². The molecule has 0 amide bonds. The van der Waals surface area contributed by atoms with Crippen molar-refractivity contribution in [2.75, 3.05) is 20.3 Å². The Bertz CT molecular complexity index is 291. The van der Waals surface area contributed by atoms with E-state index in [4.69, 9.17) is 14.2 Å². The number of hydrogen-bond donors (Lipinski definition) is 0.